The standard InChI is InChI=1S/C15H34BNO4Si/c1-6-13-9-17(16(2)19)10-14(15(13)18)11-21-12-20-7-8-22(3,4)5/h13-15,18-19H,6-12H2,1-5H3/t13-,14+,15-/m0/s1. The predicted octanol–water partition coefficient (Wildman–Crippen LogP) is 1.74. The highest BCUT2D eigenvalue weighted by Gasteiger charge is 2.37. The second kappa shape index (κ2) is 9.40. The topological polar surface area (TPSA) is 62.2 Å². The zero-order chi connectivity index (χ0) is 16.8. The molecule has 0 aromatic rings. The van der Waals surface area contributed by atoms with Gasteiger partial charge in [-0.1, -0.05) is 26.6 Å². The predicted molar refractivity (Wildman–Crippen MR) is 93.6 cm³/mol. The molecule has 0 amide bonds. The molecule has 0 aromatic heterocycles. The monoisotopic (exact) mass is 331 g/mol. The number of piperidine rings is 1. The molecule has 130 valence electrons. The molecule has 3 atom stereocenters. The molecule has 1 aliphatic rings. The van der Waals surface area contributed by atoms with Crippen molar-refractivity contribution in [3.63, 3.8) is 0 Å². The molecule has 1 saturated heterocycles. The van der Waals surface area contributed by atoms with Crippen molar-refractivity contribution in [1.82, 2.24) is 4.81 Å². The van der Waals surface area contributed by atoms with Crippen LogP contribution in [-0.2, 0) is 9.47 Å². The van der Waals surface area contributed by atoms with Crippen molar-refractivity contribution >= 4 is 15.1 Å². The lowest BCUT2D eigenvalue weighted by molar-refractivity contribution is -0.0946. The summed E-state index contributed by atoms with van der Waals surface area (Å²) in [5.74, 6) is 0.235. The second-order valence-corrected chi connectivity index (χ2v) is 13.3. The van der Waals surface area contributed by atoms with E-state index < -0.39 is 15.1 Å². The van der Waals surface area contributed by atoms with E-state index in [0.29, 0.717) is 19.9 Å². The fourth-order valence-electron chi connectivity index (χ4n) is 2.80. The van der Waals surface area contributed by atoms with Crippen LogP contribution in [0.3, 0.4) is 0 Å². The van der Waals surface area contributed by atoms with Gasteiger partial charge in [-0.3, -0.25) is 0 Å². The van der Waals surface area contributed by atoms with E-state index in [9.17, 15) is 10.1 Å². The van der Waals surface area contributed by atoms with Crippen LogP contribution in [0.1, 0.15) is 13.3 Å². The molecular formula is C15H34BNO4Si. The summed E-state index contributed by atoms with van der Waals surface area (Å²) in [6, 6.07) is 1.14. The highest BCUT2D eigenvalue weighted by atomic mass is 28.3. The Morgan fingerprint density at radius 2 is 1.82 bits per heavy atom. The Balaban J connectivity index is 2.30. The van der Waals surface area contributed by atoms with Crippen LogP contribution in [0.15, 0.2) is 0 Å². The fourth-order valence-corrected chi connectivity index (χ4v) is 3.56. The van der Waals surface area contributed by atoms with Gasteiger partial charge < -0.3 is 24.4 Å². The van der Waals surface area contributed by atoms with Gasteiger partial charge >= 0.3 is 7.05 Å². The third kappa shape index (κ3) is 7.10. The van der Waals surface area contributed by atoms with Crippen LogP contribution >= 0.6 is 0 Å². The van der Waals surface area contributed by atoms with Gasteiger partial charge in [0, 0.05) is 20.6 Å². The van der Waals surface area contributed by atoms with Gasteiger partial charge in [0.1, 0.15) is 6.79 Å². The lowest BCUT2D eigenvalue weighted by Crippen LogP contribution is -2.54. The zero-order valence-electron chi connectivity index (χ0n) is 14.9. The van der Waals surface area contributed by atoms with E-state index in [1.807, 2.05) is 4.81 Å². The Morgan fingerprint density at radius 1 is 1.18 bits per heavy atom. The molecule has 2 N–H and O–H groups in total. The average molecular weight is 331 g/mol. The minimum atomic E-state index is -1.05. The Hall–Kier alpha value is 0.0818. The molecule has 0 aromatic carbocycles. The van der Waals surface area contributed by atoms with Crippen molar-refractivity contribution in [3.8, 4) is 0 Å². The minimum absolute atomic E-state index is 0.0360. The zero-order valence-corrected chi connectivity index (χ0v) is 15.9. The van der Waals surface area contributed by atoms with Crippen molar-refractivity contribution in [2.45, 2.75) is 52.0 Å². The molecule has 1 aliphatic heterocycles. The van der Waals surface area contributed by atoms with Gasteiger partial charge in [0.2, 0.25) is 0 Å². The Kier molecular flexibility index (Phi) is 8.60. The number of ether oxygens (including phenoxy) is 2. The summed E-state index contributed by atoms with van der Waals surface area (Å²) in [5, 5.41) is 20.2. The van der Waals surface area contributed by atoms with Gasteiger partial charge in [0.05, 0.1) is 12.7 Å². The Labute approximate surface area is 137 Å². The number of aliphatic hydroxyl groups excluding tert-OH is 1. The first kappa shape index (κ1) is 20.1. The van der Waals surface area contributed by atoms with Crippen molar-refractivity contribution in [2.75, 3.05) is 33.1 Å². The summed E-state index contributed by atoms with van der Waals surface area (Å²) in [6.07, 6.45) is 0.551. The molecular weight excluding hydrogens is 297 g/mol. The summed E-state index contributed by atoms with van der Waals surface area (Å²) in [5.41, 5.74) is 0. The first-order chi connectivity index (χ1) is 10.2. The van der Waals surface area contributed by atoms with E-state index >= 15 is 0 Å². The average Bonchev–Trinajstić information content (AvgIpc) is 2.42. The molecule has 0 spiro atoms. The molecule has 0 bridgehead atoms. The number of nitrogens with zero attached hydrogens (tertiary/aromatic N) is 1. The highest BCUT2D eigenvalue weighted by Crippen LogP contribution is 2.25. The third-order valence-corrected chi connectivity index (χ3v) is 6.16. The maximum Gasteiger partial charge on any atom is 0.376 e. The van der Waals surface area contributed by atoms with E-state index in [1.54, 1.807) is 6.82 Å². The number of hydrogen-bond acceptors (Lipinski definition) is 5. The van der Waals surface area contributed by atoms with Crippen molar-refractivity contribution in [2.24, 2.45) is 11.8 Å². The Bertz CT molecular complexity index is 314. The molecule has 1 rings (SSSR count). The molecule has 5 nitrogen and oxygen atoms in total. The minimum Gasteiger partial charge on any atom is -0.437 e. The van der Waals surface area contributed by atoms with Crippen molar-refractivity contribution in [1.29, 1.82) is 0 Å². The maximum absolute atomic E-state index is 10.4. The normalized spacial score (nSPS) is 27.1. The molecule has 1 fully saturated rings. The van der Waals surface area contributed by atoms with E-state index in [0.717, 1.165) is 25.6 Å². The summed E-state index contributed by atoms with van der Waals surface area (Å²) >= 11 is 0. The first-order valence-corrected chi connectivity index (χ1v) is 12.2. The van der Waals surface area contributed by atoms with Gasteiger partial charge in [0.15, 0.2) is 0 Å². The van der Waals surface area contributed by atoms with Crippen LogP contribution in [0.2, 0.25) is 32.5 Å². The van der Waals surface area contributed by atoms with Crippen LogP contribution < -0.4 is 0 Å². The number of aliphatic hydroxyl groups is 1. The van der Waals surface area contributed by atoms with Crippen LogP contribution in [0.5, 0.6) is 0 Å². The van der Waals surface area contributed by atoms with Gasteiger partial charge in [-0.25, -0.2) is 0 Å². The van der Waals surface area contributed by atoms with E-state index in [2.05, 4.69) is 26.6 Å². The Morgan fingerprint density at radius 3 is 2.36 bits per heavy atom. The van der Waals surface area contributed by atoms with Gasteiger partial charge in [-0.15, -0.1) is 0 Å². The molecule has 0 saturated carbocycles. The van der Waals surface area contributed by atoms with Crippen molar-refractivity contribution in [3.05, 3.63) is 0 Å². The van der Waals surface area contributed by atoms with Gasteiger partial charge in [-0.05, 0) is 38.3 Å². The summed E-state index contributed by atoms with van der Waals surface area (Å²) in [6.45, 7) is 13.8. The van der Waals surface area contributed by atoms with E-state index in [-0.39, 0.29) is 17.9 Å². The van der Waals surface area contributed by atoms with Crippen LogP contribution in [0.4, 0.5) is 0 Å². The fraction of sp³-hybridized carbons (Fsp3) is 1.00. The molecule has 7 heteroatoms. The summed E-state index contributed by atoms with van der Waals surface area (Å²) in [7, 11) is -1.53. The SMILES string of the molecule is CC[C@H]1CN(B(C)O)C[C@H](COCOCC[Si](C)(C)C)[C@H]1O. The van der Waals surface area contributed by atoms with Crippen LogP contribution in [0, 0.1) is 11.8 Å². The molecule has 1 heterocycles. The maximum atomic E-state index is 10.4. The number of hydrogen-bond donors (Lipinski definition) is 2. The van der Waals surface area contributed by atoms with Crippen LogP contribution in [0.25, 0.3) is 0 Å². The summed E-state index contributed by atoms with van der Waals surface area (Å²) in [4.78, 5) is 2.01. The largest absolute Gasteiger partial charge is 0.437 e. The molecule has 0 aliphatic carbocycles. The van der Waals surface area contributed by atoms with Gasteiger partial charge in [-0.2, -0.15) is 0 Å². The van der Waals surface area contributed by atoms with E-state index in [4.69, 9.17) is 9.47 Å². The van der Waals surface area contributed by atoms with Crippen molar-refractivity contribution < 1.29 is 19.6 Å². The lowest BCUT2D eigenvalue weighted by Gasteiger charge is -2.41. The highest BCUT2D eigenvalue weighted by molar-refractivity contribution is 6.76. The quantitative estimate of drug-likeness (QED) is 0.383. The first-order valence-electron chi connectivity index (χ1n) is 8.50. The van der Waals surface area contributed by atoms with E-state index in [1.165, 1.54) is 0 Å². The second-order valence-electron chi connectivity index (χ2n) is 7.71. The lowest BCUT2D eigenvalue weighted by atomic mass is 9.76. The summed E-state index contributed by atoms with van der Waals surface area (Å²) < 4.78 is 11.1. The smallest absolute Gasteiger partial charge is 0.376 e. The third-order valence-electron chi connectivity index (χ3n) is 4.45. The molecule has 22 heavy (non-hydrogen) atoms. The van der Waals surface area contributed by atoms with Crippen LogP contribution in [-0.4, -0.2) is 69.3 Å². The molecule has 0 unspecified atom stereocenters. The van der Waals surface area contributed by atoms with Gasteiger partial charge in [0.25, 0.3) is 0 Å². The number of rotatable bonds is 9. The molecule has 0 radical (unpaired) electrons.